The van der Waals surface area contributed by atoms with Gasteiger partial charge in [-0.25, -0.2) is 0 Å². The van der Waals surface area contributed by atoms with Crippen molar-refractivity contribution in [3.8, 4) is 0 Å². The number of nitrogens with one attached hydrogen (secondary N) is 1. The number of amides is 1. The molecule has 2 fully saturated rings. The molecule has 0 spiro atoms. The molecule has 3 N–H and O–H groups in total. The third kappa shape index (κ3) is 2.74. The fourth-order valence-corrected chi connectivity index (χ4v) is 2.61. The van der Waals surface area contributed by atoms with Crippen molar-refractivity contribution in [1.82, 2.24) is 5.32 Å². The molecule has 1 saturated carbocycles. The molecule has 1 heterocycles. The van der Waals surface area contributed by atoms with Crippen molar-refractivity contribution in [2.75, 3.05) is 19.8 Å². The third-order valence-electron chi connectivity index (χ3n) is 3.81. The molecule has 4 heteroatoms. The predicted molar refractivity (Wildman–Crippen MR) is 61.9 cm³/mol. The SMILES string of the molecule is NC1(C(=O)NCCC2CCOC2)CCCC1. The van der Waals surface area contributed by atoms with Gasteiger partial charge >= 0.3 is 0 Å². The highest BCUT2D eigenvalue weighted by atomic mass is 16.5. The first kappa shape index (κ1) is 11.9. The van der Waals surface area contributed by atoms with Crippen LogP contribution in [0.4, 0.5) is 0 Å². The first-order chi connectivity index (χ1) is 7.71. The number of rotatable bonds is 4. The van der Waals surface area contributed by atoms with Crippen LogP contribution in [0.15, 0.2) is 0 Å². The lowest BCUT2D eigenvalue weighted by molar-refractivity contribution is -0.126. The molecule has 2 aliphatic rings. The molecule has 1 atom stereocenters. The molecule has 1 aliphatic heterocycles. The van der Waals surface area contributed by atoms with E-state index >= 15 is 0 Å². The summed E-state index contributed by atoms with van der Waals surface area (Å²) in [7, 11) is 0. The van der Waals surface area contributed by atoms with Gasteiger partial charge < -0.3 is 15.8 Å². The van der Waals surface area contributed by atoms with Crippen LogP contribution in [0.2, 0.25) is 0 Å². The number of carbonyl (C=O) groups excluding carboxylic acids is 1. The molecule has 2 rings (SSSR count). The molecule has 1 unspecified atom stereocenters. The summed E-state index contributed by atoms with van der Waals surface area (Å²) in [6.45, 7) is 2.47. The Hall–Kier alpha value is -0.610. The van der Waals surface area contributed by atoms with Gasteiger partial charge in [0, 0.05) is 19.8 Å². The maximum absolute atomic E-state index is 11.9. The molecule has 4 nitrogen and oxygen atoms in total. The minimum absolute atomic E-state index is 0.0453. The Morgan fingerprint density at radius 2 is 2.19 bits per heavy atom. The lowest BCUT2D eigenvalue weighted by atomic mass is 9.98. The topological polar surface area (TPSA) is 64.4 Å². The van der Waals surface area contributed by atoms with Crippen LogP contribution in [-0.2, 0) is 9.53 Å². The molecule has 16 heavy (non-hydrogen) atoms. The zero-order valence-corrected chi connectivity index (χ0v) is 9.84. The van der Waals surface area contributed by atoms with Gasteiger partial charge in [0.1, 0.15) is 0 Å². The van der Waals surface area contributed by atoms with Gasteiger partial charge in [-0.1, -0.05) is 12.8 Å². The zero-order chi connectivity index (χ0) is 11.4. The highest BCUT2D eigenvalue weighted by Crippen LogP contribution is 2.27. The van der Waals surface area contributed by atoms with Gasteiger partial charge in [0.2, 0.25) is 5.91 Å². The molecule has 1 aliphatic carbocycles. The maximum Gasteiger partial charge on any atom is 0.240 e. The second kappa shape index (κ2) is 5.15. The molecule has 0 radical (unpaired) electrons. The highest BCUT2D eigenvalue weighted by molar-refractivity contribution is 5.86. The summed E-state index contributed by atoms with van der Waals surface area (Å²) in [4.78, 5) is 11.9. The summed E-state index contributed by atoms with van der Waals surface area (Å²) in [5.74, 6) is 0.668. The molecule has 0 aromatic carbocycles. The van der Waals surface area contributed by atoms with Crippen LogP contribution < -0.4 is 11.1 Å². The molecule has 0 aromatic heterocycles. The molecule has 0 aromatic rings. The Bertz CT molecular complexity index is 243. The Morgan fingerprint density at radius 1 is 1.44 bits per heavy atom. The van der Waals surface area contributed by atoms with Crippen LogP contribution >= 0.6 is 0 Å². The number of carbonyl (C=O) groups is 1. The first-order valence-corrected chi connectivity index (χ1v) is 6.36. The van der Waals surface area contributed by atoms with Gasteiger partial charge in [0.15, 0.2) is 0 Å². The number of ether oxygens (including phenoxy) is 1. The van der Waals surface area contributed by atoms with Crippen LogP contribution in [0, 0.1) is 5.92 Å². The van der Waals surface area contributed by atoms with E-state index in [2.05, 4.69) is 5.32 Å². The number of hydrogen-bond acceptors (Lipinski definition) is 3. The van der Waals surface area contributed by atoms with Crippen molar-refractivity contribution >= 4 is 5.91 Å². The van der Waals surface area contributed by atoms with E-state index in [-0.39, 0.29) is 5.91 Å². The van der Waals surface area contributed by atoms with Crippen LogP contribution in [0.1, 0.15) is 38.5 Å². The van der Waals surface area contributed by atoms with Gasteiger partial charge in [-0.15, -0.1) is 0 Å². The quantitative estimate of drug-likeness (QED) is 0.745. The van der Waals surface area contributed by atoms with E-state index < -0.39 is 5.54 Å². The summed E-state index contributed by atoms with van der Waals surface area (Å²) in [6.07, 6.45) is 5.99. The standard InChI is InChI=1S/C12H22N2O2/c13-12(5-1-2-6-12)11(15)14-7-3-10-4-8-16-9-10/h10H,1-9,13H2,(H,14,15). The highest BCUT2D eigenvalue weighted by Gasteiger charge is 2.36. The van der Waals surface area contributed by atoms with Crippen LogP contribution in [0.25, 0.3) is 0 Å². The summed E-state index contributed by atoms with van der Waals surface area (Å²) >= 11 is 0. The largest absolute Gasteiger partial charge is 0.381 e. The van der Waals surface area contributed by atoms with Crippen molar-refractivity contribution in [1.29, 1.82) is 0 Å². The van der Waals surface area contributed by atoms with Crippen molar-refractivity contribution in [2.45, 2.75) is 44.1 Å². The number of hydrogen-bond donors (Lipinski definition) is 2. The second-order valence-electron chi connectivity index (χ2n) is 5.14. The Labute approximate surface area is 96.9 Å². The average molecular weight is 226 g/mol. The summed E-state index contributed by atoms with van der Waals surface area (Å²) in [6, 6.07) is 0. The van der Waals surface area contributed by atoms with Crippen LogP contribution in [0.3, 0.4) is 0 Å². The van der Waals surface area contributed by atoms with Gasteiger partial charge in [0.05, 0.1) is 5.54 Å². The van der Waals surface area contributed by atoms with Crippen molar-refractivity contribution in [2.24, 2.45) is 11.7 Å². The summed E-state index contributed by atoms with van der Waals surface area (Å²) < 4.78 is 5.30. The van der Waals surface area contributed by atoms with E-state index in [4.69, 9.17) is 10.5 Å². The van der Waals surface area contributed by atoms with E-state index in [1.807, 2.05) is 0 Å². The van der Waals surface area contributed by atoms with E-state index in [1.54, 1.807) is 0 Å². The van der Waals surface area contributed by atoms with Crippen molar-refractivity contribution in [3.63, 3.8) is 0 Å². The fourth-order valence-electron chi connectivity index (χ4n) is 2.61. The Balaban J connectivity index is 1.67. The van der Waals surface area contributed by atoms with Crippen molar-refractivity contribution in [3.05, 3.63) is 0 Å². The van der Waals surface area contributed by atoms with Gasteiger partial charge in [-0.2, -0.15) is 0 Å². The smallest absolute Gasteiger partial charge is 0.240 e. The van der Waals surface area contributed by atoms with E-state index in [1.165, 1.54) is 0 Å². The predicted octanol–water partition coefficient (Wildman–Crippen LogP) is 0.801. The monoisotopic (exact) mass is 226 g/mol. The van der Waals surface area contributed by atoms with Gasteiger partial charge in [0.25, 0.3) is 0 Å². The van der Waals surface area contributed by atoms with Gasteiger partial charge in [-0.05, 0) is 31.6 Å². The maximum atomic E-state index is 11.9. The molecule has 0 bridgehead atoms. The third-order valence-corrected chi connectivity index (χ3v) is 3.81. The Kier molecular flexibility index (Phi) is 3.82. The van der Waals surface area contributed by atoms with E-state index in [0.29, 0.717) is 5.92 Å². The molecule has 1 saturated heterocycles. The first-order valence-electron chi connectivity index (χ1n) is 6.36. The van der Waals surface area contributed by atoms with E-state index in [0.717, 1.165) is 58.3 Å². The van der Waals surface area contributed by atoms with E-state index in [9.17, 15) is 4.79 Å². The average Bonchev–Trinajstić information content (AvgIpc) is 2.90. The number of nitrogens with two attached hydrogens (primary N) is 1. The normalized spacial score (nSPS) is 28.2. The van der Waals surface area contributed by atoms with Crippen molar-refractivity contribution < 1.29 is 9.53 Å². The molecular formula is C12H22N2O2. The van der Waals surface area contributed by atoms with Gasteiger partial charge in [-0.3, -0.25) is 4.79 Å². The lowest BCUT2D eigenvalue weighted by Gasteiger charge is -2.22. The summed E-state index contributed by atoms with van der Waals surface area (Å²) in [5, 5.41) is 2.97. The Morgan fingerprint density at radius 3 is 2.81 bits per heavy atom. The summed E-state index contributed by atoms with van der Waals surface area (Å²) in [5.41, 5.74) is 5.48. The molecule has 92 valence electrons. The zero-order valence-electron chi connectivity index (χ0n) is 9.84. The fraction of sp³-hybridized carbons (Fsp3) is 0.917. The molecular weight excluding hydrogens is 204 g/mol. The second-order valence-corrected chi connectivity index (χ2v) is 5.14. The molecule has 1 amide bonds. The minimum Gasteiger partial charge on any atom is -0.381 e. The van der Waals surface area contributed by atoms with Crippen LogP contribution in [0.5, 0.6) is 0 Å². The minimum atomic E-state index is -0.577. The lowest BCUT2D eigenvalue weighted by Crippen LogP contribution is -2.52. The van der Waals surface area contributed by atoms with Crippen LogP contribution in [-0.4, -0.2) is 31.2 Å².